The van der Waals surface area contributed by atoms with Crippen LogP contribution in [-0.4, -0.2) is 17.5 Å². The molecule has 0 saturated heterocycles. The van der Waals surface area contributed by atoms with Crippen LogP contribution in [0.2, 0.25) is 0 Å². The van der Waals surface area contributed by atoms with Crippen LogP contribution < -0.4 is 9.47 Å². The van der Waals surface area contributed by atoms with E-state index in [1.807, 2.05) is 22.9 Å². The van der Waals surface area contributed by atoms with Crippen LogP contribution in [0.5, 0.6) is 0 Å². The lowest BCUT2D eigenvalue weighted by Crippen LogP contribution is -2.27. The molecule has 0 amide bonds. The maximum Gasteiger partial charge on any atom is 0.255 e. The normalized spacial score (nSPS) is 10.6. The standard InChI is InChI=1S/C19H20N3/c1-4-16-8-7-9-19-14-21(15-22(16)19)18-12-10-17(11-13-18)20(5-2)6-3/h1,7-15H,5-6H2,2-3H3/q+1. The van der Waals surface area contributed by atoms with Gasteiger partial charge in [0, 0.05) is 18.8 Å². The fourth-order valence-electron chi connectivity index (χ4n) is 2.76. The predicted molar refractivity (Wildman–Crippen MR) is 90.4 cm³/mol. The van der Waals surface area contributed by atoms with Crippen molar-refractivity contribution >= 4 is 11.2 Å². The van der Waals surface area contributed by atoms with E-state index < -0.39 is 0 Å². The fraction of sp³-hybridized carbons (Fsp3) is 0.211. The Morgan fingerprint density at radius 2 is 1.82 bits per heavy atom. The summed E-state index contributed by atoms with van der Waals surface area (Å²) in [5.74, 6) is 2.72. The average Bonchev–Trinajstić information content (AvgIpc) is 3.00. The van der Waals surface area contributed by atoms with E-state index in [0.717, 1.165) is 30.0 Å². The lowest BCUT2D eigenvalue weighted by molar-refractivity contribution is -0.594. The second kappa shape index (κ2) is 5.95. The third kappa shape index (κ3) is 2.44. The zero-order valence-electron chi connectivity index (χ0n) is 13.0. The van der Waals surface area contributed by atoms with E-state index in [1.165, 1.54) is 5.69 Å². The Morgan fingerprint density at radius 3 is 2.45 bits per heavy atom. The molecular formula is C19H20N3+. The Balaban J connectivity index is 1.99. The first-order valence-electron chi connectivity index (χ1n) is 7.61. The number of rotatable bonds is 4. The van der Waals surface area contributed by atoms with Crippen molar-refractivity contribution in [3.8, 4) is 18.0 Å². The van der Waals surface area contributed by atoms with Crippen molar-refractivity contribution in [3.63, 3.8) is 0 Å². The highest BCUT2D eigenvalue weighted by Crippen LogP contribution is 2.15. The van der Waals surface area contributed by atoms with Gasteiger partial charge in [-0.3, -0.25) is 0 Å². The number of imidazole rings is 1. The van der Waals surface area contributed by atoms with Crippen LogP contribution in [0.4, 0.5) is 5.69 Å². The molecule has 0 aliphatic carbocycles. The average molecular weight is 290 g/mol. The molecule has 2 aromatic heterocycles. The maximum absolute atomic E-state index is 5.56. The number of nitrogens with zero attached hydrogens (tertiary/aromatic N) is 3. The van der Waals surface area contributed by atoms with Crippen LogP contribution in [0, 0.1) is 12.3 Å². The molecule has 1 aromatic carbocycles. The first kappa shape index (κ1) is 14.2. The largest absolute Gasteiger partial charge is 0.372 e. The van der Waals surface area contributed by atoms with Crippen LogP contribution in [0.15, 0.2) is 55.0 Å². The van der Waals surface area contributed by atoms with E-state index in [4.69, 9.17) is 6.42 Å². The van der Waals surface area contributed by atoms with Crippen LogP contribution >= 0.6 is 0 Å². The summed E-state index contributed by atoms with van der Waals surface area (Å²) in [5, 5.41) is 0. The molecule has 2 heterocycles. The van der Waals surface area contributed by atoms with Gasteiger partial charge in [-0.15, -0.1) is 6.42 Å². The molecule has 3 aromatic rings. The third-order valence-electron chi connectivity index (χ3n) is 3.99. The van der Waals surface area contributed by atoms with Crippen LogP contribution in [-0.2, 0) is 0 Å². The highest BCUT2D eigenvalue weighted by molar-refractivity contribution is 5.50. The van der Waals surface area contributed by atoms with Gasteiger partial charge in [0.25, 0.3) is 6.33 Å². The molecule has 0 spiro atoms. The summed E-state index contributed by atoms with van der Waals surface area (Å²) in [6.07, 6.45) is 9.68. The molecule has 0 aliphatic rings. The number of terminal acetylenes is 1. The summed E-state index contributed by atoms with van der Waals surface area (Å²) in [7, 11) is 0. The van der Waals surface area contributed by atoms with Gasteiger partial charge < -0.3 is 4.90 Å². The molecule has 0 saturated carbocycles. The molecule has 110 valence electrons. The van der Waals surface area contributed by atoms with Crippen molar-refractivity contribution in [2.75, 3.05) is 18.0 Å². The highest BCUT2D eigenvalue weighted by atomic mass is 15.1. The number of aromatic nitrogens is 2. The highest BCUT2D eigenvalue weighted by Gasteiger charge is 2.11. The number of anilines is 1. The second-order valence-corrected chi connectivity index (χ2v) is 5.19. The number of fused-ring (bicyclic) bond motifs is 1. The van der Waals surface area contributed by atoms with Gasteiger partial charge in [0.15, 0.2) is 11.2 Å². The van der Waals surface area contributed by atoms with Crippen molar-refractivity contribution in [1.29, 1.82) is 0 Å². The van der Waals surface area contributed by atoms with E-state index in [-0.39, 0.29) is 0 Å². The van der Waals surface area contributed by atoms with Crippen molar-refractivity contribution in [2.24, 2.45) is 0 Å². The molecule has 3 rings (SSSR count). The molecule has 22 heavy (non-hydrogen) atoms. The first-order chi connectivity index (χ1) is 10.8. The number of pyridine rings is 1. The topological polar surface area (TPSA) is 11.5 Å². The van der Waals surface area contributed by atoms with E-state index in [1.54, 1.807) is 0 Å². The molecule has 0 unspecified atom stereocenters. The monoisotopic (exact) mass is 290 g/mol. The van der Waals surface area contributed by atoms with Gasteiger partial charge in [0.2, 0.25) is 0 Å². The van der Waals surface area contributed by atoms with E-state index in [2.05, 4.69) is 65.8 Å². The van der Waals surface area contributed by atoms with Crippen LogP contribution in [0.1, 0.15) is 19.5 Å². The molecule has 0 N–H and O–H groups in total. The molecule has 0 atom stereocenters. The Labute approximate surface area is 131 Å². The van der Waals surface area contributed by atoms with E-state index >= 15 is 0 Å². The molecule has 0 aliphatic heterocycles. The molecule has 3 heteroatoms. The summed E-state index contributed by atoms with van der Waals surface area (Å²) in [6.45, 7) is 6.39. The molecule has 0 bridgehead atoms. The van der Waals surface area contributed by atoms with Gasteiger partial charge in [-0.25, -0.2) is 4.57 Å². The first-order valence-corrected chi connectivity index (χ1v) is 7.61. The zero-order valence-corrected chi connectivity index (χ0v) is 13.0. The number of hydrogen-bond acceptors (Lipinski definition) is 1. The molecule has 3 nitrogen and oxygen atoms in total. The SMILES string of the molecule is C#Cc1cccc2c[n+](-c3ccc(N(CC)CC)cc3)cn12. The van der Waals surface area contributed by atoms with Gasteiger partial charge >= 0.3 is 0 Å². The third-order valence-corrected chi connectivity index (χ3v) is 3.99. The molecule has 0 radical (unpaired) electrons. The van der Waals surface area contributed by atoms with Crippen LogP contribution in [0.3, 0.4) is 0 Å². The van der Waals surface area contributed by atoms with Crippen molar-refractivity contribution in [3.05, 3.63) is 60.7 Å². The van der Waals surface area contributed by atoms with Gasteiger partial charge in [0.1, 0.15) is 11.9 Å². The minimum atomic E-state index is 0.857. The van der Waals surface area contributed by atoms with Crippen molar-refractivity contribution in [2.45, 2.75) is 13.8 Å². The van der Waals surface area contributed by atoms with Gasteiger partial charge in [-0.05, 0) is 56.2 Å². The summed E-state index contributed by atoms with van der Waals surface area (Å²) < 4.78 is 4.13. The summed E-state index contributed by atoms with van der Waals surface area (Å²) >= 11 is 0. The van der Waals surface area contributed by atoms with Crippen molar-refractivity contribution in [1.82, 2.24) is 4.40 Å². The lowest BCUT2D eigenvalue weighted by Gasteiger charge is -2.20. The van der Waals surface area contributed by atoms with Gasteiger partial charge in [0.05, 0.1) is 0 Å². The lowest BCUT2D eigenvalue weighted by atomic mass is 10.2. The summed E-state index contributed by atoms with van der Waals surface area (Å²) in [4.78, 5) is 2.33. The number of benzene rings is 1. The number of hydrogen-bond donors (Lipinski definition) is 0. The minimum absolute atomic E-state index is 0.857. The summed E-state index contributed by atoms with van der Waals surface area (Å²) in [6, 6.07) is 14.6. The fourth-order valence-corrected chi connectivity index (χ4v) is 2.76. The quantitative estimate of drug-likeness (QED) is 0.531. The smallest absolute Gasteiger partial charge is 0.255 e. The molecule has 0 fully saturated rings. The Kier molecular flexibility index (Phi) is 3.84. The summed E-state index contributed by atoms with van der Waals surface area (Å²) in [5.41, 5.74) is 4.32. The Morgan fingerprint density at radius 1 is 1.09 bits per heavy atom. The van der Waals surface area contributed by atoms with E-state index in [0.29, 0.717) is 0 Å². The van der Waals surface area contributed by atoms with Crippen molar-refractivity contribution < 1.29 is 4.57 Å². The Hall–Kier alpha value is -2.73. The Bertz CT molecular complexity index is 818. The zero-order chi connectivity index (χ0) is 15.5. The minimum Gasteiger partial charge on any atom is -0.372 e. The van der Waals surface area contributed by atoms with E-state index in [9.17, 15) is 0 Å². The maximum atomic E-state index is 5.56. The van der Waals surface area contributed by atoms with Gasteiger partial charge in [-0.2, -0.15) is 4.40 Å². The van der Waals surface area contributed by atoms with Crippen LogP contribution in [0.25, 0.3) is 11.2 Å². The predicted octanol–water partition coefficient (Wildman–Crippen LogP) is 3.04. The molecular weight excluding hydrogens is 270 g/mol. The second-order valence-electron chi connectivity index (χ2n) is 5.19. The van der Waals surface area contributed by atoms with Gasteiger partial charge in [-0.1, -0.05) is 6.07 Å².